The van der Waals surface area contributed by atoms with Crippen molar-refractivity contribution in [2.45, 2.75) is 26.7 Å². The van der Waals surface area contributed by atoms with E-state index in [0.29, 0.717) is 0 Å². The highest BCUT2D eigenvalue weighted by Crippen LogP contribution is 2.34. The fourth-order valence-electron chi connectivity index (χ4n) is 2.87. The van der Waals surface area contributed by atoms with E-state index in [1.54, 1.807) is 0 Å². The molecule has 0 aliphatic rings. The first-order valence-corrected chi connectivity index (χ1v) is 8.00. The Labute approximate surface area is 132 Å². The lowest BCUT2D eigenvalue weighted by Crippen LogP contribution is -2.05. The average molecular weight is 290 g/mol. The fraction of sp³-hybridized carbons (Fsp3) is 0.250. The third-order valence-electron chi connectivity index (χ3n) is 3.98. The molecule has 0 aliphatic carbocycles. The van der Waals surface area contributed by atoms with Gasteiger partial charge in [-0.15, -0.1) is 0 Å². The first-order valence-electron chi connectivity index (χ1n) is 8.00. The second kappa shape index (κ2) is 6.61. The maximum Gasteiger partial charge on any atom is 0.134 e. The van der Waals surface area contributed by atoms with Gasteiger partial charge >= 0.3 is 0 Å². The molecule has 0 unspecified atom stereocenters. The topological polar surface area (TPSA) is 24.9 Å². The zero-order valence-electron chi connectivity index (χ0n) is 13.3. The number of fused-ring (bicyclic) bond motifs is 1. The summed E-state index contributed by atoms with van der Waals surface area (Å²) in [4.78, 5) is 4.84. The highest BCUT2D eigenvalue weighted by Gasteiger charge is 2.12. The summed E-state index contributed by atoms with van der Waals surface area (Å²) in [5.41, 5.74) is 3.53. The maximum atomic E-state index is 4.84. The molecular formula is C20H22N2. The molecule has 22 heavy (non-hydrogen) atoms. The number of nitrogens with one attached hydrogen (secondary N) is 1. The van der Waals surface area contributed by atoms with Gasteiger partial charge in [-0.3, -0.25) is 0 Å². The SMILES string of the molecule is CCCCNc1nc(C)c(-c2ccccc2)c2ccccc12. The van der Waals surface area contributed by atoms with Gasteiger partial charge in [0, 0.05) is 23.2 Å². The third-order valence-corrected chi connectivity index (χ3v) is 3.98. The summed E-state index contributed by atoms with van der Waals surface area (Å²) in [5.74, 6) is 1.00. The van der Waals surface area contributed by atoms with E-state index in [0.717, 1.165) is 24.5 Å². The Morgan fingerprint density at radius 2 is 1.59 bits per heavy atom. The molecule has 2 aromatic carbocycles. The number of pyridine rings is 1. The number of hydrogen-bond donors (Lipinski definition) is 1. The average Bonchev–Trinajstić information content (AvgIpc) is 2.56. The number of rotatable bonds is 5. The number of aromatic nitrogens is 1. The molecule has 2 nitrogen and oxygen atoms in total. The monoisotopic (exact) mass is 290 g/mol. The molecule has 1 heterocycles. The van der Waals surface area contributed by atoms with Crippen molar-refractivity contribution in [3.63, 3.8) is 0 Å². The van der Waals surface area contributed by atoms with Crippen LogP contribution < -0.4 is 5.32 Å². The second-order valence-electron chi connectivity index (χ2n) is 5.61. The van der Waals surface area contributed by atoms with Gasteiger partial charge in [-0.2, -0.15) is 0 Å². The summed E-state index contributed by atoms with van der Waals surface area (Å²) >= 11 is 0. The molecular weight excluding hydrogens is 268 g/mol. The van der Waals surface area contributed by atoms with E-state index in [1.165, 1.54) is 28.3 Å². The van der Waals surface area contributed by atoms with Crippen molar-refractivity contribution in [2.24, 2.45) is 0 Å². The van der Waals surface area contributed by atoms with Crippen molar-refractivity contribution in [3.8, 4) is 11.1 Å². The Kier molecular flexibility index (Phi) is 4.38. The lowest BCUT2D eigenvalue weighted by Gasteiger charge is -2.15. The van der Waals surface area contributed by atoms with E-state index in [4.69, 9.17) is 4.98 Å². The highest BCUT2D eigenvalue weighted by molar-refractivity contribution is 6.02. The predicted octanol–water partition coefficient (Wildman–Crippen LogP) is 5.42. The van der Waals surface area contributed by atoms with Crippen LogP contribution in [0.25, 0.3) is 21.9 Å². The summed E-state index contributed by atoms with van der Waals surface area (Å²) in [6.45, 7) is 5.27. The van der Waals surface area contributed by atoms with Crippen molar-refractivity contribution in [1.29, 1.82) is 0 Å². The van der Waals surface area contributed by atoms with Gasteiger partial charge in [0.2, 0.25) is 0 Å². The lowest BCUT2D eigenvalue weighted by atomic mass is 9.97. The molecule has 112 valence electrons. The molecule has 0 aliphatic heterocycles. The van der Waals surface area contributed by atoms with E-state index in [-0.39, 0.29) is 0 Å². The fourth-order valence-corrected chi connectivity index (χ4v) is 2.87. The van der Waals surface area contributed by atoms with Crippen molar-refractivity contribution in [3.05, 3.63) is 60.3 Å². The van der Waals surface area contributed by atoms with E-state index in [9.17, 15) is 0 Å². The second-order valence-corrected chi connectivity index (χ2v) is 5.61. The number of benzene rings is 2. The standard InChI is InChI=1S/C20H22N2/c1-3-4-14-21-20-18-13-9-8-12-17(18)19(15(2)22-20)16-10-6-5-7-11-16/h5-13H,3-4,14H2,1-2H3,(H,21,22). The summed E-state index contributed by atoms with van der Waals surface area (Å²) < 4.78 is 0. The van der Waals surface area contributed by atoms with Gasteiger partial charge in [0.1, 0.15) is 5.82 Å². The molecule has 1 N–H and O–H groups in total. The van der Waals surface area contributed by atoms with Gasteiger partial charge in [0.05, 0.1) is 0 Å². The molecule has 2 heteroatoms. The Morgan fingerprint density at radius 3 is 2.32 bits per heavy atom. The molecule has 0 fully saturated rings. The molecule has 0 radical (unpaired) electrons. The van der Waals surface area contributed by atoms with Gasteiger partial charge in [0.25, 0.3) is 0 Å². The van der Waals surface area contributed by atoms with E-state index in [1.807, 2.05) is 0 Å². The van der Waals surface area contributed by atoms with Crippen molar-refractivity contribution < 1.29 is 0 Å². The van der Waals surface area contributed by atoms with E-state index < -0.39 is 0 Å². The van der Waals surface area contributed by atoms with Crippen LogP contribution in [-0.2, 0) is 0 Å². The Balaban J connectivity index is 2.15. The summed E-state index contributed by atoms with van der Waals surface area (Å²) in [6.07, 6.45) is 2.35. The third kappa shape index (κ3) is 2.82. The largest absolute Gasteiger partial charge is 0.370 e. The minimum absolute atomic E-state index is 0.970. The summed E-state index contributed by atoms with van der Waals surface area (Å²) in [7, 11) is 0. The van der Waals surface area contributed by atoms with Crippen LogP contribution in [0.4, 0.5) is 5.82 Å². The summed E-state index contributed by atoms with van der Waals surface area (Å²) in [6, 6.07) is 19.0. The van der Waals surface area contributed by atoms with Crippen molar-refractivity contribution in [1.82, 2.24) is 4.98 Å². The minimum atomic E-state index is 0.970. The van der Waals surface area contributed by atoms with Crippen LogP contribution in [0.5, 0.6) is 0 Å². The van der Waals surface area contributed by atoms with Crippen LogP contribution in [0, 0.1) is 6.92 Å². The van der Waals surface area contributed by atoms with E-state index in [2.05, 4.69) is 73.8 Å². The zero-order chi connectivity index (χ0) is 15.4. The number of hydrogen-bond acceptors (Lipinski definition) is 2. The van der Waals surface area contributed by atoms with Crippen molar-refractivity contribution in [2.75, 3.05) is 11.9 Å². The maximum absolute atomic E-state index is 4.84. The Hall–Kier alpha value is -2.35. The molecule has 0 saturated heterocycles. The summed E-state index contributed by atoms with van der Waals surface area (Å²) in [5, 5.41) is 5.96. The molecule has 0 amide bonds. The molecule has 0 spiro atoms. The van der Waals surface area contributed by atoms with Gasteiger partial charge in [-0.1, -0.05) is 67.9 Å². The van der Waals surface area contributed by atoms with Crippen molar-refractivity contribution >= 4 is 16.6 Å². The van der Waals surface area contributed by atoms with Crippen LogP contribution in [0.3, 0.4) is 0 Å². The van der Waals surface area contributed by atoms with Crippen LogP contribution in [0.2, 0.25) is 0 Å². The van der Waals surface area contributed by atoms with Crippen LogP contribution >= 0.6 is 0 Å². The van der Waals surface area contributed by atoms with Crippen LogP contribution in [0.15, 0.2) is 54.6 Å². The Bertz CT molecular complexity index is 763. The quantitative estimate of drug-likeness (QED) is 0.634. The first-order chi connectivity index (χ1) is 10.8. The molecule has 3 aromatic rings. The smallest absolute Gasteiger partial charge is 0.134 e. The van der Waals surface area contributed by atoms with Gasteiger partial charge in [-0.25, -0.2) is 4.98 Å². The predicted molar refractivity (Wildman–Crippen MR) is 95.3 cm³/mol. The molecule has 0 atom stereocenters. The molecule has 3 rings (SSSR count). The minimum Gasteiger partial charge on any atom is -0.370 e. The zero-order valence-corrected chi connectivity index (χ0v) is 13.3. The van der Waals surface area contributed by atoms with E-state index >= 15 is 0 Å². The van der Waals surface area contributed by atoms with Gasteiger partial charge in [0.15, 0.2) is 0 Å². The van der Waals surface area contributed by atoms with Gasteiger partial charge in [-0.05, 0) is 24.3 Å². The first kappa shape index (κ1) is 14.6. The molecule has 1 aromatic heterocycles. The molecule has 0 bridgehead atoms. The Morgan fingerprint density at radius 1 is 0.909 bits per heavy atom. The number of anilines is 1. The number of unbranched alkanes of at least 4 members (excludes halogenated alkanes) is 1. The normalized spacial score (nSPS) is 10.8. The number of aryl methyl sites for hydroxylation is 1. The van der Waals surface area contributed by atoms with Gasteiger partial charge < -0.3 is 5.32 Å². The van der Waals surface area contributed by atoms with Crippen LogP contribution in [0.1, 0.15) is 25.5 Å². The lowest BCUT2D eigenvalue weighted by molar-refractivity contribution is 0.831. The van der Waals surface area contributed by atoms with Crippen LogP contribution in [-0.4, -0.2) is 11.5 Å². The molecule has 0 saturated carbocycles. The number of nitrogens with zero attached hydrogens (tertiary/aromatic N) is 1. The highest BCUT2D eigenvalue weighted by atomic mass is 15.0.